The van der Waals surface area contributed by atoms with Crippen LogP contribution in [0.2, 0.25) is 0 Å². The lowest BCUT2D eigenvalue weighted by molar-refractivity contribution is 1.02. The van der Waals surface area contributed by atoms with Crippen molar-refractivity contribution >= 4 is 21.8 Å². The van der Waals surface area contributed by atoms with E-state index in [4.69, 9.17) is 29.9 Å². The Morgan fingerprint density at radius 1 is 0.463 bits per heavy atom. The summed E-state index contributed by atoms with van der Waals surface area (Å²) in [5.74, 6) is 0.962. The molecule has 10 rings (SSSR count). The van der Waals surface area contributed by atoms with Crippen molar-refractivity contribution < 1.29 is 0 Å². The highest BCUT2D eigenvalue weighted by Crippen LogP contribution is 2.39. The highest BCUT2D eigenvalue weighted by atomic mass is 15.1. The van der Waals surface area contributed by atoms with E-state index in [1.165, 1.54) is 0 Å². The van der Waals surface area contributed by atoms with Crippen molar-refractivity contribution in [1.82, 2.24) is 65.3 Å². The van der Waals surface area contributed by atoms with Crippen molar-refractivity contribution in [2.24, 2.45) is 0 Å². The van der Waals surface area contributed by atoms with Crippen LogP contribution in [-0.4, -0.2) is 65.3 Å². The number of hydrogen-bond donors (Lipinski definition) is 2. The zero-order valence-corrected chi connectivity index (χ0v) is 28.2. The molecule has 13 nitrogen and oxygen atoms in total. The number of pyridine rings is 2. The van der Waals surface area contributed by atoms with Crippen molar-refractivity contribution in [3.05, 3.63) is 140 Å². The van der Waals surface area contributed by atoms with Gasteiger partial charge in [-0.25, -0.2) is 24.9 Å². The molecule has 2 aromatic carbocycles. The van der Waals surface area contributed by atoms with E-state index < -0.39 is 0 Å². The van der Waals surface area contributed by atoms with Crippen LogP contribution in [-0.2, 0) is 0 Å². The van der Waals surface area contributed by atoms with E-state index in [0.29, 0.717) is 51.5 Å². The first-order valence-electron chi connectivity index (χ1n) is 17.0. The van der Waals surface area contributed by atoms with Gasteiger partial charge in [0.25, 0.3) is 0 Å². The molecule has 0 atom stereocenters. The fourth-order valence-corrected chi connectivity index (χ4v) is 6.56. The van der Waals surface area contributed by atoms with Crippen molar-refractivity contribution in [3.63, 3.8) is 0 Å². The number of benzene rings is 2. The van der Waals surface area contributed by atoms with Gasteiger partial charge in [-0.05, 0) is 54.6 Å². The minimum atomic E-state index is 0.471. The molecule has 2 N–H and O–H groups in total. The van der Waals surface area contributed by atoms with E-state index in [-0.39, 0.29) is 0 Å². The summed E-state index contributed by atoms with van der Waals surface area (Å²) in [5.41, 5.74) is 9.70. The average molecular weight is 700 g/mol. The van der Waals surface area contributed by atoms with Crippen LogP contribution in [0.25, 0.3) is 101 Å². The summed E-state index contributed by atoms with van der Waals surface area (Å²) in [6, 6.07) is 31.2. The second-order valence-corrected chi connectivity index (χ2v) is 12.3. The fraction of sp³-hybridized carbons (Fsp3) is 0. The SMILES string of the molecule is c1ccc(-c2cn[nH]c2-c2nccc(-c3[nH]ccc3-c3nc(-c4nc5ccccc5cc4-c4nccnc4-c4cccnn4)c4ccccc4n3)n2)nc1. The van der Waals surface area contributed by atoms with E-state index in [1.54, 1.807) is 37.2 Å². The molecule has 0 radical (unpaired) electrons. The molecule has 13 heteroatoms. The molecular formula is C41H25N13. The van der Waals surface area contributed by atoms with E-state index >= 15 is 0 Å². The lowest BCUT2D eigenvalue weighted by Crippen LogP contribution is -2.02. The maximum Gasteiger partial charge on any atom is 0.178 e. The zero-order valence-electron chi connectivity index (χ0n) is 28.2. The number of rotatable bonds is 7. The monoisotopic (exact) mass is 699 g/mol. The molecule has 0 unspecified atom stereocenters. The third kappa shape index (κ3) is 5.40. The van der Waals surface area contributed by atoms with Gasteiger partial charge in [-0.2, -0.15) is 10.2 Å². The zero-order chi connectivity index (χ0) is 35.8. The molecule has 0 bridgehead atoms. The molecule has 10 aromatic rings. The van der Waals surface area contributed by atoms with Crippen molar-refractivity contribution in [1.29, 1.82) is 0 Å². The summed E-state index contributed by atoms with van der Waals surface area (Å²) in [7, 11) is 0. The number of aromatic nitrogens is 13. The molecule has 0 fully saturated rings. The lowest BCUT2D eigenvalue weighted by atomic mass is 9.99. The van der Waals surface area contributed by atoms with Crippen LogP contribution in [0.4, 0.5) is 0 Å². The molecule has 0 amide bonds. The molecule has 0 aliphatic rings. The second kappa shape index (κ2) is 13.0. The topological polar surface area (TPSA) is 173 Å². The van der Waals surface area contributed by atoms with Gasteiger partial charge in [0.15, 0.2) is 11.6 Å². The summed E-state index contributed by atoms with van der Waals surface area (Å²) in [5, 5.41) is 17.6. The minimum absolute atomic E-state index is 0.471. The van der Waals surface area contributed by atoms with Crippen molar-refractivity contribution in [2.45, 2.75) is 0 Å². The highest BCUT2D eigenvalue weighted by Gasteiger charge is 2.23. The highest BCUT2D eigenvalue weighted by molar-refractivity contribution is 6.00. The second-order valence-electron chi connectivity index (χ2n) is 12.3. The van der Waals surface area contributed by atoms with Gasteiger partial charge in [-0.1, -0.05) is 42.5 Å². The molecule has 0 aliphatic carbocycles. The van der Waals surface area contributed by atoms with Gasteiger partial charge in [0.1, 0.15) is 28.5 Å². The standard InChI is InChI=1S/C41H25N13/c1-3-10-29-24(8-1)22-27(35-39(45-21-20-44-35)33-13-7-17-47-53-33)37(49-29)36-25-9-2-4-12-31(25)50-40(52-36)26-14-18-43-34(26)32-15-19-46-41(51-32)38-28(23-48-54-38)30-11-5-6-16-42-30/h1-23,43H,(H,48,54). The van der Waals surface area contributed by atoms with Crippen LogP contribution in [0.5, 0.6) is 0 Å². The van der Waals surface area contributed by atoms with Crippen LogP contribution in [0.1, 0.15) is 0 Å². The molecule has 54 heavy (non-hydrogen) atoms. The number of nitrogens with zero attached hydrogens (tertiary/aromatic N) is 11. The third-order valence-electron chi connectivity index (χ3n) is 9.02. The first-order valence-corrected chi connectivity index (χ1v) is 17.0. The summed E-state index contributed by atoms with van der Waals surface area (Å²) in [4.78, 5) is 42.6. The summed E-state index contributed by atoms with van der Waals surface area (Å²) < 4.78 is 0. The number of fused-ring (bicyclic) bond motifs is 2. The van der Waals surface area contributed by atoms with Gasteiger partial charge in [0.05, 0.1) is 40.0 Å². The van der Waals surface area contributed by atoms with Crippen LogP contribution in [0, 0.1) is 0 Å². The Morgan fingerprint density at radius 2 is 1.31 bits per heavy atom. The molecule has 0 aliphatic heterocycles. The number of para-hydroxylation sites is 2. The molecule has 0 saturated heterocycles. The van der Waals surface area contributed by atoms with E-state index in [2.05, 4.69) is 41.4 Å². The molecule has 8 heterocycles. The maximum atomic E-state index is 5.28. The van der Waals surface area contributed by atoms with Gasteiger partial charge >= 0.3 is 0 Å². The summed E-state index contributed by atoms with van der Waals surface area (Å²) >= 11 is 0. The first kappa shape index (κ1) is 30.9. The predicted octanol–water partition coefficient (Wildman–Crippen LogP) is 7.66. The van der Waals surface area contributed by atoms with Crippen LogP contribution in [0.15, 0.2) is 140 Å². The number of H-pyrrole nitrogens is 2. The lowest BCUT2D eigenvalue weighted by Gasteiger charge is -2.15. The van der Waals surface area contributed by atoms with Crippen LogP contribution < -0.4 is 0 Å². The Hall–Kier alpha value is -7.93. The smallest absolute Gasteiger partial charge is 0.178 e. The van der Waals surface area contributed by atoms with Gasteiger partial charge in [-0.15, -0.1) is 5.10 Å². The van der Waals surface area contributed by atoms with Gasteiger partial charge in [0.2, 0.25) is 0 Å². The average Bonchev–Trinajstić information content (AvgIpc) is 3.95. The van der Waals surface area contributed by atoms with Gasteiger partial charge < -0.3 is 4.98 Å². The summed E-state index contributed by atoms with van der Waals surface area (Å²) in [6.07, 6.45) is 12.0. The largest absolute Gasteiger partial charge is 0.359 e. The Kier molecular flexibility index (Phi) is 7.43. The molecule has 8 aromatic heterocycles. The Bertz CT molecular complexity index is 2960. The van der Waals surface area contributed by atoms with Crippen molar-refractivity contribution in [2.75, 3.05) is 0 Å². The first-order chi connectivity index (χ1) is 26.8. The Morgan fingerprint density at radius 3 is 2.20 bits per heavy atom. The van der Waals surface area contributed by atoms with Crippen LogP contribution >= 0.6 is 0 Å². The van der Waals surface area contributed by atoms with Gasteiger partial charge in [-0.3, -0.25) is 20.1 Å². The van der Waals surface area contributed by atoms with Crippen LogP contribution in [0.3, 0.4) is 0 Å². The minimum Gasteiger partial charge on any atom is -0.359 e. The Balaban J connectivity index is 1.16. The number of hydrogen-bond acceptors (Lipinski definition) is 11. The molecule has 0 spiro atoms. The number of nitrogens with one attached hydrogen (secondary N) is 2. The van der Waals surface area contributed by atoms with Crippen molar-refractivity contribution in [3.8, 4) is 79.6 Å². The third-order valence-corrected chi connectivity index (χ3v) is 9.02. The molecule has 0 saturated carbocycles. The fourth-order valence-electron chi connectivity index (χ4n) is 6.56. The Labute approximate surface area is 306 Å². The molecular weight excluding hydrogens is 675 g/mol. The molecule has 254 valence electrons. The predicted molar refractivity (Wildman–Crippen MR) is 204 cm³/mol. The number of aromatic amines is 2. The van der Waals surface area contributed by atoms with E-state index in [9.17, 15) is 0 Å². The maximum absolute atomic E-state index is 5.28. The van der Waals surface area contributed by atoms with E-state index in [0.717, 1.165) is 49.9 Å². The van der Waals surface area contributed by atoms with Gasteiger partial charge in [0, 0.05) is 64.6 Å². The normalized spacial score (nSPS) is 11.3. The quantitative estimate of drug-likeness (QED) is 0.167. The van der Waals surface area contributed by atoms with E-state index in [1.807, 2.05) is 97.2 Å². The summed E-state index contributed by atoms with van der Waals surface area (Å²) in [6.45, 7) is 0.